The third-order valence-electron chi connectivity index (χ3n) is 5.32. The average molecular weight is 438 g/mol. The number of halogens is 1. The number of ether oxygens (including phenoxy) is 2. The summed E-state index contributed by atoms with van der Waals surface area (Å²) in [6.45, 7) is 9.09. The van der Waals surface area contributed by atoms with E-state index in [1.54, 1.807) is 17.9 Å². The zero-order valence-electron chi connectivity index (χ0n) is 19.2. The maximum absolute atomic E-state index is 14.2. The van der Waals surface area contributed by atoms with E-state index in [2.05, 4.69) is 0 Å². The molecule has 0 aromatic heterocycles. The number of rotatable bonds is 9. The zero-order chi connectivity index (χ0) is 23.0. The van der Waals surface area contributed by atoms with Crippen LogP contribution in [0.15, 0.2) is 18.2 Å². The molecule has 0 bridgehead atoms. The number of ketones is 1. The summed E-state index contributed by atoms with van der Waals surface area (Å²) in [7, 11) is 0. The van der Waals surface area contributed by atoms with Crippen LogP contribution in [-0.4, -0.2) is 53.3 Å². The standard InChI is InChI=1S/C24H36FNO5/c1-17(27)7-10-22(28)20-9-8-19(16-21(20)25)30-15-5-6-18-11-13-26(14-12-18)23(29)31-24(2,3)4/h8-9,16-18,27H,5-7,10-15H2,1-4H3/t17-/m1/s1. The zero-order valence-corrected chi connectivity index (χ0v) is 19.2. The molecule has 1 aromatic rings. The Morgan fingerprint density at radius 3 is 2.52 bits per heavy atom. The Morgan fingerprint density at radius 2 is 1.94 bits per heavy atom. The fraction of sp³-hybridized carbons (Fsp3) is 0.667. The second-order valence-corrected chi connectivity index (χ2v) is 9.35. The average Bonchev–Trinajstić information content (AvgIpc) is 2.68. The van der Waals surface area contributed by atoms with Crippen LogP contribution >= 0.6 is 0 Å². The topological polar surface area (TPSA) is 76.1 Å². The Hall–Kier alpha value is -2.15. The maximum Gasteiger partial charge on any atom is 0.410 e. The van der Waals surface area contributed by atoms with Gasteiger partial charge < -0.3 is 19.5 Å². The number of aliphatic hydroxyl groups excluding tert-OH is 1. The predicted octanol–water partition coefficient (Wildman–Crippen LogP) is 4.98. The largest absolute Gasteiger partial charge is 0.493 e. The van der Waals surface area contributed by atoms with Crippen molar-refractivity contribution in [3.63, 3.8) is 0 Å². The molecule has 0 saturated carbocycles. The second-order valence-electron chi connectivity index (χ2n) is 9.35. The first-order valence-electron chi connectivity index (χ1n) is 11.2. The van der Waals surface area contributed by atoms with Crippen molar-refractivity contribution in [2.24, 2.45) is 5.92 Å². The maximum atomic E-state index is 14.2. The summed E-state index contributed by atoms with van der Waals surface area (Å²) in [6.07, 6.45) is 3.31. The molecular formula is C24H36FNO5. The molecule has 1 N–H and O–H groups in total. The van der Waals surface area contributed by atoms with Crippen molar-refractivity contribution < 1.29 is 28.6 Å². The Labute approximate surface area is 184 Å². The van der Waals surface area contributed by atoms with E-state index >= 15 is 0 Å². The van der Waals surface area contributed by atoms with E-state index in [4.69, 9.17) is 9.47 Å². The van der Waals surface area contributed by atoms with Crippen LogP contribution in [0.4, 0.5) is 9.18 Å². The normalized spacial score (nSPS) is 16.1. The van der Waals surface area contributed by atoms with Crippen LogP contribution in [0, 0.1) is 11.7 Å². The van der Waals surface area contributed by atoms with Crippen molar-refractivity contribution in [3.05, 3.63) is 29.6 Å². The van der Waals surface area contributed by atoms with Gasteiger partial charge >= 0.3 is 6.09 Å². The molecule has 6 nitrogen and oxygen atoms in total. The third kappa shape index (κ3) is 8.85. The van der Waals surface area contributed by atoms with Crippen molar-refractivity contribution >= 4 is 11.9 Å². The van der Waals surface area contributed by atoms with Gasteiger partial charge in [-0.15, -0.1) is 0 Å². The summed E-state index contributed by atoms with van der Waals surface area (Å²) in [4.78, 5) is 25.9. The monoisotopic (exact) mass is 437 g/mol. The van der Waals surface area contributed by atoms with Crippen LogP contribution in [0.1, 0.15) is 76.6 Å². The minimum absolute atomic E-state index is 0.0322. The van der Waals surface area contributed by atoms with E-state index < -0.39 is 17.5 Å². The van der Waals surface area contributed by atoms with E-state index in [0.29, 0.717) is 37.8 Å². The van der Waals surface area contributed by atoms with Gasteiger partial charge in [-0.1, -0.05) is 0 Å². The van der Waals surface area contributed by atoms with Crippen LogP contribution in [0.5, 0.6) is 5.75 Å². The lowest BCUT2D eigenvalue weighted by atomic mass is 9.92. The summed E-state index contributed by atoms with van der Waals surface area (Å²) in [5, 5.41) is 9.27. The minimum atomic E-state index is -0.595. The molecule has 31 heavy (non-hydrogen) atoms. The first-order valence-corrected chi connectivity index (χ1v) is 11.2. The van der Waals surface area contributed by atoms with Crippen molar-refractivity contribution in [1.29, 1.82) is 0 Å². The van der Waals surface area contributed by atoms with Gasteiger partial charge in [-0.05, 0) is 77.8 Å². The smallest absolute Gasteiger partial charge is 0.410 e. The van der Waals surface area contributed by atoms with Gasteiger partial charge in [-0.25, -0.2) is 9.18 Å². The number of aliphatic hydroxyl groups is 1. The highest BCUT2D eigenvalue weighted by atomic mass is 19.1. The lowest BCUT2D eigenvalue weighted by molar-refractivity contribution is 0.0179. The Bertz CT molecular complexity index is 736. The highest BCUT2D eigenvalue weighted by Crippen LogP contribution is 2.24. The van der Waals surface area contributed by atoms with E-state index in [0.717, 1.165) is 25.7 Å². The number of carbonyl (C=O) groups is 2. The van der Waals surface area contributed by atoms with E-state index in [1.807, 2.05) is 20.8 Å². The van der Waals surface area contributed by atoms with Crippen molar-refractivity contribution in [2.45, 2.75) is 77.9 Å². The molecule has 0 aliphatic carbocycles. The highest BCUT2D eigenvalue weighted by molar-refractivity contribution is 5.96. The molecule has 1 heterocycles. The molecule has 2 rings (SSSR count). The van der Waals surface area contributed by atoms with Crippen LogP contribution in [0.3, 0.4) is 0 Å². The van der Waals surface area contributed by atoms with Crippen LogP contribution in [0.25, 0.3) is 0 Å². The van der Waals surface area contributed by atoms with Crippen molar-refractivity contribution in [2.75, 3.05) is 19.7 Å². The molecule has 1 atom stereocenters. The van der Waals surface area contributed by atoms with Crippen molar-refractivity contribution in [3.8, 4) is 5.75 Å². The summed E-state index contributed by atoms with van der Waals surface area (Å²) in [6, 6.07) is 4.30. The minimum Gasteiger partial charge on any atom is -0.493 e. The van der Waals surface area contributed by atoms with Gasteiger partial charge in [0.1, 0.15) is 17.2 Å². The molecule has 0 spiro atoms. The fourth-order valence-electron chi connectivity index (χ4n) is 3.58. The number of Topliss-reactive ketones (excluding diaryl/α,β-unsaturated/α-hetero) is 1. The molecule has 1 aromatic carbocycles. The third-order valence-corrected chi connectivity index (χ3v) is 5.32. The van der Waals surface area contributed by atoms with Gasteiger partial charge in [0.25, 0.3) is 0 Å². The van der Waals surface area contributed by atoms with Gasteiger partial charge in [0.15, 0.2) is 5.78 Å². The van der Waals surface area contributed by atoms with E-state index in [-0.39, 0.29) is 23.9 Å². The van der Waals surface area contributed by atoms with Gasteiger partial charge in [0.2, 0.25) is 0 Å². The molecular weight excluding hydrogens is 401 g/mol. The number of nitrogens with zero attached hydrogens (tertiary/aromatic N) is 1. The number of hydrogen-bond acceptors (Lipinski definition) is 5. The number of amides is 1. The molecule has 1 aliphatic heterocycles. The first-order chi connectivity index (χ1) is 14.5. The summed E-state index contributed by atoms with van der Waals surface area (Å²) < 4.78 is 25.3. The molecule has 1 aliphatic rings. The molecule has 1 fully saturated rings. The summed E-state index contributed by atoms with van der Waals surface area (Å²) in [5.41, 5.74) is -0.446. The molecule has 1 amide bonds. The number of carbonyl (C=O) groups excluding carboxylic acids is 2. The van der Waals surface area contributed by atoms with Crippen molar-refractivity contribution in [1.82, 2.24) is 4.90 Å². The quantitative estimate of drug-likeness (QED) is 0.436. The number of hydrogen-bond donors (Lipinski definition) is 1. The lowest BCUT2D eigenvalue weighted by Crippen LogP contribution is -2.41. The Balaban J connectivity index is 1.68. The lowest BCUT2D eigenvalue weighted by Gasteiger charge is -2.33. The number of piperidine rings is 1. The molecule has 174 valence electrons. The Kier molecular flexibility index (Phi) is 9.29. The first kappa shape index (κ1) is 25.1. The second kappa shape index (κ2) is 11.5. The number of likely N-dealkylation sites (tertiary alicyclic amines) is 1. The predicted molar refractivity (Wildman–Crippen MR) is 117 cm³/mol. The Morgan fingerprint density at radius 1 is 1.26 bits per heavy atom. The van der Waals surface area contributed by atoms with Gasteiger partial charge in [-0.3, -0.25) is 4.79 Å². The van der Waals surface area contributed by atoms with Gasteiger partial charge in [-0.2, -0.15) is 0 Å². The molecule has 7 heteroatoms. The van der Waals surface area contributed by atoms with Gasteiger partial charge in [0.05, 0.1) is 18.3 Å². The SMILES string of the molecule is C[C@@H](O)CCC(=O)c1ccc(OCCCC2CCN(C(=O)OC(C)(C)C)CC2)cc1F. The van der Waals surface area contributed by atoms with E-state index in [1.165, 1.54) is 12.1 Å². The fourth-order valence-corrected chi connectivity index (χ4v) is 3.58. The van der Waals surface area contributed by atoms with Crippen LogP contribution < -0.4 is 4.74 Å². The van der Waals surface area contributed by atoms with Crippen LogP contribution in [-0.2, 0) is 4.74 Å². The molecule has 0 radical (unpaired) electrons. The van der Waals surface area contributed by atoms with Gasteiger partial charge in [0, 0.05) is 25.6 Å². The highest BCUT2D eigenvalue weighted by Gasteiger charge is 2.26. The summed E-state index contributed by atoms with van der Waals surface area (Å²) in [5.74, 6) is 0.0301. The van der Waals surface area contributed by atoms with Crippen LogP contribution in [0.2, 0.25) is 0 Å². The molecule has 0 unspecified atom stereocenters. The molecule has 1 saturated heterocycles. The number of benzene rings is 1. The summed E-state index contributed by atoms with van der Waals surface area (Å²) >= 11 is 0. The van der Waals surface area contributed by atoms with E-state index in [9.17, 15) is 19.1 Å².